The van der Waals surface area contributed by atoms with Crippen LogP contribution >= 0.6 is 0 Å². The number of nitrogens with two attached hydrogens (primary N) is 1. The molecule has 78 valence electrons. The molecule has 0 aliphatic heterocycles. The van der Waals surface area contributed by atoms with Gasteiger partial charge in [0.05, 0.1) is 0 Å². The number of amides is 1. The lowest BCUT2D eigenvalue weighted by atomic mass is 10.1. The van der Waals surface area contributed by atoms with E-state index in [4.69, 9.17) is 5.73 Å². The summed E-state index contributed by atoms with van der Waals surface area (Å²) in [6.07, 6.45) is 1.29. The number of nitrogens with zero attached hydrogens (tertiary/aromatic N) is 2. The highest BCUT2D eigenvalue weighted by molar-refractivity contribution is 5.90. The van der Waals surface area contributed by atoms with Crippen molar-refractivity contribution in [1.29, 1.82) is 0 Å². The molecule has 14 heavy (non-hydrogen) atoms. The molecule has 0 fully saturated rings. The molecule has 1 heterocycles. The molecule has 0 bridgehead atoms. The van der Waals surface area contributed by atoms with Gasteiger partial charge >= 0.3 is 0 Å². The Balaban J connectivity index is 2.36. The van der Waals surface area contributed by atoms with Crippen LogP contribution in [0.25, 0.3) is 0 Å². The monoisotopic (exact) mass is 197 g/mol. The number of aromatic amines is 1. The molecule has 1 aromatic rings. The lowest BCUT2D eigenvalue weighted by Crippen LogP contribution is -2.40. The molecule has 0 saturated carbocycles. The number of hydrogen-bond donors (Lipinski definition) is 3. The summed E-state index contributed by atoms with van der Waals surface area (Å²) < 4.78 is 0. The molecule has 0 spiro atoms. The van der Waals surface area contributed by atoms with Crippen LogP contribution in [0.3, 0.4) is 0 Å². The zero-order valence-corrected chi connectivity index (χ0v) is 8.32. The molecule has 0 aliphatic rings. The lowest BCUT2D eigenvalue weighted by Gasteiger charge is -2.15. The first-order valence-electron chi connectivity index (χ1n) is 4.50. The Labute approximate surface area is 82.3 Å². The van der Waals surface area contributed by atoms with E-state index in [-0.39, 0.29) is 17.8 Å². The molecular formula is C8H15N5O. The highest BCUT2D eigenvalue weighted by Gasteiger charge is 2.12. The molecule has 0 radical (unpaired) electrons. The Morgan fingerprint density at radius 2 is 2.43 bits per heavy atom. The SMILES string of the molecule is CC(C)C(N)CNC(=O)c1ncn[nH]1. The molecule has 1 unspecified atom stereocenters. The second-order valence-corrected chi connectivity index (χ2v) is 3.45. The van der Waals surface area contributed by atoms with Gasteiger partial charge < -0.3 is 11.1 Å². The van der Waals surface area contributed by atoms with Crippen molar-refractivity contribution in [2.75, 3.05) is 6.54 Å². The maximum atomic E-state index is 11.3. The van der Waals surface area contributed by atoms with Gasteiger partial charge in [-0.2, -0.15) is 5.10 Å². The van der Waals surface area contributed by atoms with Gasteiger partial charge in [0.1, 0.15) is 6.33 Å². The first-order valence-corrected chi connectivity index (χ1v) is 4.50. The van der Waals surface area contributed by atoms with Crippen LogP contribution in [0, 0.1) is 5.92 Å². The number of nitrogens with one attached hydrogen (secondary N) is 2. The first kappa shape index (κ1) is 10.6. The number of carbonyl (C=O) groups excluding carboxylic acids is 1. The number of carbonyl (C=O) groups is 1. The minimum absolute atomic E-state index is 0.0399. The quantitative estimate of drug-likeness (QED) is 0.607. The summed E-state index contributed by atoms with van der Waals surface area (Å²) in [6, 6.07) is -0.0399. The van der Waals surface area contributed by atoms with E-state index in [1.165, 1.54) is 6.33 Å². The van der Waals surface area contributed by atoms with Crippen LogP contribution in [0.5, 0.6) is 0 Å². The summed E-state index contributed by atoms with van der Waals surface area (Å²) in [6.45, 7) is 4.45. The van der Waals surface area contributed by atoms with Crippen LogP contribution in [0.4, 0.5) is 0 Å². The van der Waals surface area contributed by atoms with Gasteiger partial charge in [-0.1, -0.05) is 13.8 Å². The minimum atomic E-state index is -0.279. The van der Waals surface area contributed by atoms with Crippen LogP contribution in [0.2, 0.25) is 0 Å². The number of rotatable bonds is 4. The molecule has 6 nitrogen and oxygen atoms in total. The Morgan fingerprint density at radius 3 is 2.93 bits per heavy atom. The maximum Gasteiger partial charge on any atom is 0.288 e. The van der Waals surface area contributed by atoms with Crippen molar-refractivity contribution in [1.82, 2.24) is 20.5 Å². The van der Waals surface area contributed by atoms with Crippen molar-refractivity contribution in [3.8, 4) is 0 Å². The standard InChI is InChI=1S/C8H15N5O/c1-5(2)6(9)3-10-8(14)7-11-4-12-13-7/h4-6H,3,9H2,1-2H3,(H,10,14)(H,11,12,13). The normalized spacial score (nSPS) is 12.9. The Morgan fingerprint density at radius 1 is 1.71 bits per heavy atom. The van der Waals surface area contributed by atoms with Crippen LogP contribution in [-0.2, 0) is 0 Å². The highest BCUT2D eigenvalue weighted by atomic mass is 16.2. The van der Waals surface area contributed by atoms with Crippen molar-refractivity contribution in [2.24, 2.45) is 11.7 Å². The van der Waals surface area contributed by atoms with E-state index in [2.05, 4.69) is 20.5 Å². The van der Waals surface area contributed by atoms with Gasteiger partial charge in [-0.15, -0.1) is 0 Å². The van der Waals surface area contributed by atoms with Crippen molar-refractivity contribution >= 4 is 5.91 Å². The summed E-state index contributed by atoms with van der Waals surface area (Å²) in [4.78, 5) is 15.1. The van der Waals surface area contributed by atoms with Crippen LogP contribution in [0.15, 0.2) is 6.33 Å². The van der Waals surface area contributed by atoms with Crippen molar-refractivity contribution in [3.63, 3.8) is 0 Å². The average molecular weight is 197 g/mol. The number of aromatic nitrogens is 3. The summed E-state index contributed by atoms with van der Waals surface area (Å²) in [5, 5.41) is 8.72. The summed E-state index contributed by atoms with van der Waals surface area (Å²) in [5.41, 5.74) is 5.76. The zero-order chi connectivity index (χ0) is 10.6. The fraction of sp³-hybridized carbons (Fsp3) is 0.625. The third kappa shape index (κ3) is 2.81. The van der Waals surface area contributed by atoms with Crippen molar-refractivity contribution in [2.45, 2.75) is 19.9 Å². The lowest BCUT2D eigenvalue weighted by molar-refractivity contribution is 0.0939. The van der Waals surface area contributed by atoms with Crippen molar-refractivity contribution in [3.05, 3.63) is 12.2 Å². The second-order valence-electron chi connectivity index (χ2n) is 3.45. The van der Waals surface area contributed by atoms with Crippen LogP contribution in [-0.4, -0.2) is 33.7 Å². The molecule has 0 aromatic carbocycles. The average Bonchev–Trinajstić information content (AvgIpc) is 2.66. The third-order valence-electron chi connectivity index (χ3n) is 1.98. The Bertz CT molecular complexity index is 282. The van der Waals surface area contributed by atoms with Gasteiger partial charge in [0, 0.05) is 12.6 Å². The molecule has 1 rings (SSSR count). The van der Waals surface area contributed by atoms with E-state index < -0.39 is 0 Å². The maximum absolute atomic E-state index is 11.3. The topological polar surface area (TPSA) is 96.7 Å². The predicted octanol–water partition coefficient (Wildman–Crippen LogP) is -0.482. The Kier molecular flexibility index (Phi) is 3.58. The largest absolute Gasteiger partial charge is 0.348 e. The van der Waals surface area contributed by atoms with Gasteiger partial charge in [0.2, 0.25) is 5.82 Å². The van der Waals surface area contributed by atoms with Gasteiger partial charge in [-0.05, 0) is 5.92 Å². The van der Waals surface area contributed by atoms with Gasteiger partial charge in [0.25, 0.3) is 5.91 Å². The molecular weight excluding hydrogens is 182 g/mol. The number of H-pyrrole nitrogens is 1. The molecule has 6 heteroatoms. The van der Waals surface area contributed by atoms with E-state index in [0.29, 0.717) is 12.5 Å². The van der Waals surface area contributed by atoms with Crippen LogP contribution < -0.4 is 11.1 Å². The molecule has 0 aliphatic carbocycles. The zero-order valence-electron chi connectivity index (χ0n) is 8.32. The molecule has 4 N–H and O–H groups in total. The third-order valence-corrected chi connectivity index (χ3v) is 1.98. The van der Waals surface area contributed by atoms with Gasteiger partial charge in [0.15, 0.2) is 0 Å². The van der Waals surface area contributed by atoms with Gasteiger partial charge in [-0.3, -0.25) is 9.89 Å². The smallest absolute Gasteiger partial charge is 0.288 e. The van der Waals surface area contributed by atoms with E-state index in [1.807, 2.05) is 13.8 Å². The van der Waals surface area contributed by atoms with E-state index in [1.54, 1.807) is 0 Å². The van der Waals surface area contributed by atoms with E-state index in [0.717, 1.165) is 0 Å². The summed E-state index contributed by atoms with van der Waals surface area (Å²) in [7, 11) is 0. The predicted molar refractivity (Wildman–Crippen MR) is 51.5 cm³/mol. The molecule has 1 atom stereocenters. The van der Waals surface area contributed by atoms with Crippen molar-refractivity contribution < 1.29 is 4.79 Å². The fourth-order valence-corrected chi connectivity index (χ4v) is 0.845. The highest BCUT2D eigenvalue weighted by Crippen LogP contribution is 1.96. The summed E-state index contributed by atoms with van der Waals surface area (Å²) >= 11 is 0. The van der Waals surface area contributed by atoms with Crippen LogP contribution in [0.1, 0.15) is 24.5 Å². The minimum Gasteiger partial charge on any atom is -0.348 e. The van der Waals surface area contributed by atoms with E-state index in [9.17, 15) is 4.79 Å². The molecule has 1 amide bonds. The first-order chi connectivity index (χ1) is 6.61. The fourth-order valence-electron chi connectivity index (χ4n) is 0.845. The summed E-state index contributed by atoms with van der Waals surface area (Å²) in [5.74, 6) is 0.268. The van der Waals surface area contributed by atoms with Gasteiger partial charge in [-0.25, -0.2) is 4.98 Å². The Hall–Kier alpha value is -1.43. The van der Waals surface area contributed by atoms with E-state index >= 15 is 0 Å². The molecule has 1 aromatic heterocycles. The second kappa shape index (κ2) is 4.71. The number of hydrogen-bond acceptors (Lipinski definition) is 4. The molecule has 0 saturated heterocycles.